The zero-order valence-corrected chi connectivity index (χ0v) is 8.23. The first-order valence-corrected chi connectivity index (χ1v) is 4.61. The molecule has 0 aromatic carbocycles. The number of ether oxygens (including phenoxy) is 1. The van der Waals surface area contributed by atoms with Gasteiger partial charge in [0.2, 0.25) is 0 Å². The van der Waals surface area contributed by atoms with Crippen LogP contribution in [0.5, 0.6) is 0 Å². The van der Waals surface area contributed by atoms with Crippen LogP contribution in [0.4, 0.5) is 0 Å². The lowest BCUT2D eigenvalue weighted by Gasteiger charge is -1.97. The minimum atomic E-state index is 0.826. The molecule has 2 N–H and O–H groups in total. The molecule has 70 valence electrons. The van der Waals surface area contributed by atoms with Crippen molar-refractivity contribution >= 4 is 0 Å². The molecule has 0 heterocycles. The summed E-state index contributed by atoms with van der Waals surface area (Å²) in [5.74, 6) is 0. The van der Waals surface area contributed by atoms with E-state index in [1.807, 2.05) is 13.8 Å². The molecule has 0 aromatic heterocycles. The van der Waals surface area contributed by atoms with E-state index in [4.69, 9.17) is 10.5 Å². The van der Waals surface area contributed by atoms with Crippen molar-refractivity contribution in [3.63, 3.8) is 0 Å². The maximum absolute atomic E-state index is 5.31. The molecular weight excluding hydrogens is 138 g/mol. The summed E-state index contributed by atoms with van der Waals surface area (Å²) in [6.45, 7) is 5.72. The summed E-state index contributed by atoms with van der Waals surface area (Å²) >= 11 is 0. The molecule has 0 radical (unpaired) electrons. The highest BCUT2D eigenvalue weighted by Gasteiger charge is 1.85. The average Bonchev–Trinajstić information content (AvgIpc) is 2.08. The lowest BCUT2D eigenvalue weighted by molar-refractivity contribution is 0.192. The van der Waals surface area contributed by atoms with Crippen LogP contribution in [0, 0.1) is 0 Å². The Kier molecular flexibility index (Phi) is 20.2. The fourth-order valence-corrected chi connectivity index (χ4v) is 0.744. The quantitative estimate of drug-likeness (QED) is 0.606. The van der Waals surface area contributed by atoms with E-state index in [1.165, 1.54) is 19.3 Å². The zero-order valence-electron chi connectivity index (χ0n) is 8.23. The Morgan fingerprint density at radius 3 is 2.00 bits per heavy atom. The number of rotatable bonds is 6. The van der Waals surface area contributed by atoms with Crippen molar-refractivity contribution in [2.45, 2.75) is 39.5 Å². The Balaban J connectivity index is 0. The van der Waals surface area contributed by atoms with E-state index in [0.29, 0.717) is 0 Å². The predicted molar refractivity (Wildman–Crippen MR) is 50.7 cm³/mol. The van der Waals surface area contributed by atoms with Gasteiger partial charge in [0.05, 0.1) is 0 Å². The monoisotopic (exact) mass is 161 g/mol. The van der Waals surface area contributed by atoms with Gasteiger partial charge in [-0.3, -0.25) is 0 Å². The topological polar surface area (TPSA) is 35.2 Å². The van der Waals surface area contributed by atoms with Crippen molar-refractivity contribution < 1.29 is 4.74 Å². The number of nitrogens with two attached hydrogens (primary N) is 1. The molecular formula is C9H23NO. The van der Waals surface area contributed by atoms with Crippen LogP contribution in [0.25, 0.3) is 0 Å². The standard InChI is InChI=1S/C7H17NO.C2H6/c1-9-7-5-3-2-4-6-8;1-2/h2-8H2,1H3;1-2H3. The van der Waals surface area contributed by atoms with Gasteiger partial charge in [0.25, 0.3) is 0 Å². The van der Waals surface area contributed by atoms with Gasteiger partial charge < -0.3 is 10.5 Å². The molecule has 0 unspecified atom stereocenters. The third-order valence-electron chi connectivity index (χ3n) is 1.30. The van der Waals surface area contributed by atoms with E-state index in [-0.39, 0.29) is 0 Å². The molecule has 0 saturated heterocycles. The molecule has 0 rings (SSSR count). The number of methoxy groups -OCH3 is 1. The van der Waals surface area contributed by atoms with E-state index < -0.39 is 0 Å². The van der Waals surface area contributed by atoms with Crippen LogP contribution in [-0.4, -0.2) is 20.3 Å². The van der Waals surface area contributed by atoms with Crippen LogP contribution in [0.2, 0.25) is 0 Å². The molecule has 0 aliphatic heterocycles. The van der Waals surface area contributed by atoms with Crippen molar-refractivity contribution in [3.05, 3.63) is 0 Å². The van der Waals surface area contributed by atoms with Gasteiger partial charge in [-0.1, -0.05) is 26.7 Å². The molecule has 0 bridgehead atoms. The van der Waals surface area contributed by atoms with E-state index in [1.54, 1.807) is 7.11 Å². The van der Waals surface area contributed by atoms with Gasteiger partial charge in [0.15, 0.2) is 0 Å². The lowest BCUT2D eigenvalue weighted by Crippen LogP contribution is -1.98. The second kappa shape index (κ2) is 16.5. The normalized spacial score (nSPS) is 8.73. The van der Waals surface area contributed by atoms with Crippen molar-refractivity contribution in [2.75, 3.05) is 20.3 Å². The summed E-state index contributed by atoms with van der Waals surface area (Å²) in [7, 11) is 1.74. The van der Waals surface area contributed by atoms with Crippen LogP contribution in [0.3, 0.4) is 0 Å². The second-order valence-corrected chi connectivity index (χ2v) is 2.20. The summed E-state index contributed by atoms with van der Waals surface area (Å²) in [6.07, 6.45) is 4.84. The van der Waals surface area contributed by atoms with Crippen molar-refractivity contribution in [2.24, 2.45) is 5.73 Å². The summed E-state index contributed by atoms with van der Waals surface area (Å²) in [5.41, 5.74) is 5.31. The van der Waals surface area contributed by atoms with E-state index >= 15 is 0 Å². The third kappa shape index (κ3) is 17.8. The van der Waals surface area contributed by atoms with E-state index in [9.17, 15) is 0 Å². The van der Waals surface area contributed by atoms with Crippen molar-refractivity contribution in [1.29, 1.82) is 0 Å². The largest absolute Gasteiger partial charge is 0.385 e. The van der Waals surface area contributed by atoms with Gasteiger partial charge in [-0.05, 0) is 19.4 Å². The van der Waals surface area contributed by atoms with E-state index in [0.717, 1.165) is 19.6 Å². The SMILES string of the molecule is CC.COCCCCCCN. The van der Waals surface area contributed by atoms with Crippen LogP contribution < -0.4 is 5.73 Å². The highest BCUT2D eigenvalue weighted by Crippen LogP contribution is 1.97. The first kappa shape index (κ1) is 13.5. The molecule has 0 fully saturated rings. The molecule has 11 heavy (non-hydrogen) atoms. The molecule has 0 spiro atoms. The Bertz CT molecular complexity index is 42.8. The van der Waals surface area contributed by atoms with Gasteiger partial charge in [-0.25, -0.2) is 0 Å². The molecule has 0 amide bonds. The summed E-state index contributed by atoms with van der Waals surface area (Å²) in [5, 5.41) is 0. The summed E-state index contributed by atoms with van der Waals surface area (Å²) < 4.78 is 4.89. The fraction of sp³-hybridized carbons (Fsp3) is 1.00. The average molecular weight is 161 g/mol. The van der Waals surface area contributed by atoms with E-state index in [2.05, 4.69) is 0 Å². The first-order chi connectivity index (χ1) is 5.41. The molecule has 2 heteroatoms. The van der Waals surface area contributed by atoms with Gasteiger partial charge in [0, 0.05) is 13.7 Å². The second-order valence-electron chi connectivity index (χ2n) is 2.20. The number of hydrogen-bond acceptors (Lipinski definition) is 2. The third-order valence-corrected chi connectivity index (χ3v) is 1.30. The van der Waals surface area contributed by atoms with Crippen LogP contribution in [0.1, 0.15) is 39.5 Å². The van der Waals surface area contributed by atoms with Gasteiger partial charge >= 0.3 is 0 Å². The van der Waals surface area contributed by atoms with Crippen LogP contribution in [0.15, 0.2) is 0 Å². The fourth-order valence-electron chi connectivity index (χ4n) is 0.744. The predicted octanol–water partition coefficient (Wildman–Crippen LogP) is 2.18. The van der Waals surface area contributed by atoms with Crippen molar-refractivity contribution in [1.82, 2.24) is 0 Å². The van der Waals surface area contributed by atoms with Gasteiger partial charge in [-0.15, -0.1) is 0 Å². The van der Waals surface area contributed by atoms with Gasteiger partial charge in [0.1, 0.15) is 0 Å². The lowest BCUT2D eigenvalue weighted by atomic mass is 10.2. The molecule has 0 aliphatic rings. The molecule has 2 nitrogen and oxygen atoms in total. The van der Waals surface area contributed by atoms with Gasteiger partial charge in [-0.2, -0.15) is 0 Å². The summed E-state index contributed by atoms with van der Waals surface area (Å²) in [4.78, 5) is 0. The van der Waals surface area contributed by atoms with Crippen LogP contribution >= 0.6 is 0 Å². The smallest absolute Gasteiger partial charge is 0.0462 e. The molecule has 0 saturated carbocycles. The Morgan fingerprint density at radius 2 is 1.55 bits per heavy atom. The molecule has 0 aliphatic carbocycles. The minimum Gasteiger partial charge on any atom is -0.385 e. The maximum Gasteiger partial charge on any atom is 0.0462 e. The molecule has 0 aromatic rings. The number of hydrogen-bond donors (Lipinski definition) is 1. The Hall–Kier alpha value is -0.0800. The maximum atomic E-state index is 5.31. The highest BCUT2D eigenvalue weighted by atomic mass is 16.5. The first-order valence-electron chi connectivity index (χ1n) is 4.61. The zero-order chi connectivity index (χ0) is 8.95. The summed E-state index contributed by atoms with van der Waals surface area (Å²) in [6, 6.07) is 0. The number of unbranched alkanes of at least 4 members (excludes halogenated alkanes) is 3. The minimum absolute atomic E-state index is 0.826. The van der Waals surface area contributed by atoms with Crippen LogP contribution in [-0.2, 0) is 4.74 Å². The molecule has 0 atom stereocenters. The van der Waals surface area contributed by atoms with Crippen molar-refractivity contribution in [3.8, 4) is 0 Å². The highest BCUT2D eigenvalue weighted by molar-refractivity contribution is 4.42. The Morgan fingerprint density at radius 1 is 1.00 bits per heavy atom. The Labute approximate surface area is 71.1 Å².